The molecule has 0 saturated carbocycles. The molecule has 0 aliphatic carbocycles. The predicted octanol–water partition coefficient (Wildman–Crippen LogP) is 4.88. The van der Waals surface area contributed by atoms with Crippen molar-refractivity contribution in [1.29, 1.82) is 5.39 Å². The smallest absolute Gasteiger partial charge is 0.425 e. The van der Waals surface area contributed by atoms with Gasteiger partial charge < -0.3 is 10.4 Å². The van der Waals surface area contributed by atoms with E-state index in [1.165, 1.54) is 0 Å². The fraction of sp³-hybridized carbons (Fsp3) is 0.400. The maximum atomic E-state index is 12.0. The molecule has 1 amide bonds. The first-order chi connectivity index (χ1) is 10.5. The molecule has 8 heteroatoms. The normalized spacial score (nSPS) is 14.5. The van der Waals surface area contributed by atoms with Crippen molar-refractivity contribution >= 4 is 40.7 Å². The average Bonchev–Trinajstić information content (AvgIpc) is 2.45. The summed E-state index contributed by atoms with van der Waals surface area (Å²) in [4.78, 5) is 15.2. The zero-order valence-electron chi connectivity index (χ0n) is 12.8. The van der Waals surface area contributed by atoms with E-state index in [1.807, 2.05) is 0 Å². The van der Waals surface area contributed by atoms with Crippen LogP contribution in [0.5, 0.6) is 0 Å². The largest absolute Gasteiger partial charge is 0.505 e. The number of rotatable bonds is 3. The average molecular weight is 378 g/mol. The molecule has 0 aliphatic rings. The minimum atomic E-state index is -2.19. The summed E-state index contributed by atoms with van der Waals surface area (Å²) in [6.07, 6.45) is 0. The van der Waals surface area contributed by atoms with Crippen LogP contribution in [0.25, 0.3) is 4.98 Å². The molecule has 1 atom stereocenters. The van der Waals surface area contributed by atoms with Crippen molar-refractivity contribution in [2.45, 2.75) is 30.6 Å². The Hall–Kier alpha value is -1.48. The number of aliphatic hydroxyl groups excluding tert-OH is 1. The van der Waals surface area contributed by atoms with Gasteiger partial charge >= 0.3 is 5.70 Å². The van der Waals surface area contributed by atoms with E-state index in [4.69, 9.17) is 34.8 Å². The number of benzene rings is 1. The second kappa shape index (κ2) is 7.39. The summed E-state index contributed by atoms with van der Waals surface area (Å²) in [5.74, 6) is -1.10. The van der Waals surface area contributed by atoms with E-state index in [0.717, 1.165) is 0 Å². The van der Waals surface area contributed by atoms with Crippen molar-refractivity contribution in [2.24, 2.45) is 5.41 Å². The van der Waals surface area contributed by atoms with Gasteiger partial charge in [-0.05, 0) is 5.56 Å². The standard InChI is InChI=1S/C15H16Cl3N3O2/c1-14(2,3)12(22)11(21-19)10(9-7-5-4-6-8-9)20-13(23)15(16,17)18/h4-8,10H,1-3H3,(H-,20,22,23)/p+1/b12-11+. The molecule has 0 saturated heterocycles. The van der Waals surface area contributed by atoms with Crippen LogP contribution >= 0.6 is 34.8 Å². The van der Waals surface area contributed by atoms with Crippen LogP contribution in [0, 0.1) is 10.8 Å². The molecule has 1 rings (SSSR count). The van der Waals surface area contributed by atoms with Gasteiger partial charge in [-0.3, -0.25) is 4.79 Å². The van der Waals surface area contributed by atoms with Crippen molar-refractivity contribution in [2.75, 3.05) is 0 Å². The summed E-state index contributed by atoms with van der Waals surface area (Å²) in [6, 6.07) is 7.62. The van der Waals surface area contributed by atoms with Crippen LogP contribution in [-0.2, 0) is 4.79 Å². The molecule has 0 fully saturated rings. The van der Waals surface area contributed by atoms with E-state index in [9.17, 15) is 15.3 Å². The number of hydrogen-bond donors (Lipinski definition) is 2. The third kappa shape index (κ3) is 5.28. The lowest BCUT2D eigenvalue weighted by atomic mass is 9.89. The van der Waals surface area contributed by atoms with Crippen LogP contribution in [0.3, 0.4) is 0 Å². The summed E-state index contributed by atoms with van der Waals surface area (Å²) in [5.41, 5.74) is -0.288. The summed E-state index contributed by atoms with van der Waals surface area (Å²) < 4.78 is -2.19. The number of carbonyl (C=O) groups is 1. The van der Waals surface area contributed by atoms with Gasteiger partial charge in [0.1, 0.15) is 0 Å². The molecule has 0 aromatic heterocycles. The summed E-state index contributed by atoms with van der Waals surface area (Å²) >= 11 is 16.7. The Morgan fingerprint density at radius 3 is 2.13 bits per heavy atom. The SMILES string of the molecule is CC(C)(C)/C(O)=C(\[N+]#N)C(NC(=O)C(Cl)(Cl)Cl)c1ccccc1. The zero-order valence-corrected chi connectivity index (χ0v) is 15.1. The lowest BCUT2D eigenvalue weighted by Gasteiger charge is -2.20. The van der Waals surface area contributed by atoms with Gasteiger partial charge in [-0.15, -0.1) is 0 Å². The lowest BCUT2D eigenvalue weighted by Crippen LogP contribution is -2.38. The Morgan fingerprint density at radius 1 is 1.22 bits per heavy atom. The number of nitrogens with zero attached hydrogens (tertiary/aromatic N) is 2. The van der Waals surface area contributed by atoms with Gasteiger partial charge in [-0.1, -0.05) is 85.9 Å². The van der Waals surface area contributed by atoms with Crippen LogP contribution in [0.1, 0.15) is 32.4 Å². The number of amides is 1. The number of nitrogens with one attached hydrogen (secondary N) is 1. The third-order valence-corrected chi connectivity index (χ3v) is 3.51. The van der Waals surface area contributed by atoms with E-state index in [-0.39, 0.29) is 11.5 Å². The highest BCUT2D eigenvalue weighted by Crippen LogP contribution is 2.34. The van der Waals surface area contributed by atoms with Crippen LogP contribution < -0.4 is 5.32 Å². The van der Waals surface area contributed by atoms with Crippen LogP contribution in [0.4, 0.5) is 0 Å². The lowest BCUT2D eigenvalue weighted by molar-refractivity contribution is -0.120. The fourth-order valence-electron chi connectivity index (χ4n) is 1.79. The second-order valence-electron chi connectivity index (χ2n) is 5.90. The van der Waals surface area contributed by atoms with Crippen LogP contribution in [-0.4, -0.2) is 14.8 Å². The molecule has 1 unspecified atom stereocenters. The Bertz CT molecular complexity index is 641. The Morgan fingerprint density at radius 2 is 1.74 bits per heavy atom. The monoisotopic (exact) mass is 376 g/mol. The van der Waals surface area contributed by atoms with E-state index in [0.29, 0.717) is 5.56 Å². The number of diazo groups is 1. The molecule has 0 aliphatic heterocycles. The first-order valence-corrected chi connectivity index (χ1v) is 7.83. The maximum absolute atomic E-state index is 12.0. The Kier molecular flexibility index (Phi) is 6.29. The minimum Gasteiger partial charge on any atom is -0.505 e. The number of hydrogen-bond acceptors (Lipinski definition) is 3. The topological polar surface area (TPSA) is 77.5 Å². The van der Waals surface area contributed by atoms with Crippen molar-refractivity contribution in [3.05, 3.63) is 52.3 Å². The Balaban J connectivity index is 3.41. The molecule has 1 aromatic carbocycles. The molecule has 1 aromatic rings. The van der Waals surface area contributed by atoms with E-state index >= 15 is 0 Å². The summed E-state index contributed by atoms with van der Waals surface area (Å²) in [5, 5.41) is 22.2. The van der Waals surface area contributed by atoms with E-state index in [2.05, 4.69) is 10.3 Å². The van der Waals surface area contributed by atoms with E-state index in [1.54, 1.807) is 51.1 Å². The maximum Gasteiger partial charge on any atom is 0.425 e. The molecule has 0 radical (unpaired) electrons. The number of allylic oxidation sites excluding steroid dienone is 1. The van der Waals surface area contributed by atoms with Gasteiger partial charge in [0.05, 0.1) is 0 Å². The molecule has 0 spiro atoms. The Labute approximate surface area is 149 Å². The molecule has 5 nitrogen and oxygen atoms in total. The highest BCUT2D eigenvalue weighted by molar-refractivity contribution is 6.76. The zero-order chi connectivity index (χ0) is 17.8. The van der Waals surface area contributed by atoms with Gasteiger partial charge in [-0.2, -0.15) is 0 Å². The number of alkyl halides is 3. The minimum absolute atomic E-state index is 0.133. The number of carbonyl (C=O) groups excluding carboxylic acids is 1. The van der Waals surface area contributed by atoms with Gasteiger partial charge in [0, 0.05) is 5.41 Å². The first kappa shape index (κ1) is 19.6. The summed E-state index contributed by atoms with van der Waals surface area (Å²) in [6.45, 7) is 5.19. The highest BCUT2D eigenvalue weighted by Gasteiger charge is 2.41. The molecule has 23 heavy (non-hydrogen) atoms. The van der Waals surface area contributed by atoms with Crippen molar-refractivity contribution in [3.63, 3.8) is 0 Å². The second-order valence-corrected chi connectivity index (χ2v) is 8.18. The quantitative estimate of drug-likeness (QED) is 0.447. The van der Waals surface area contributed by atoms with Crippen molar-refractivity contribution < 1.29 is 9.90 Å². The molecular weight excluding hydrogens is 361 g/mol. The van der Waals surface area contributed by atoms with Crippen LogP contribution in [0.2, 0.25) is 0 Å². The molecular formula is C15H17Cl3N3O2+. The number of aliphatic hydroxyl groups is 1. The highest BCUT2D eigenvalue weighted by atomic mass is 35.6. The first-order valence-electron chi connectivity index (χ1n) is 6.69. The fourth-order valence-corrected chi connectivity index (χ4v) is 1.96. The molecule has 0 bridgehead atoms. The third-order valence-electron chi connectivity index (χ3n) is 3.00. The predicted molar refractivity (Wildman–Crippen MR) is 91.8 cm³/mol. The summed E-state index contributed by atoms with van der Waals surface area (Å²) in [7, 11) is 0. The van der Waals surface area contributed by atoms with Gasteiger partial charge in [0.15, 0.2) is 16.8 Å². The molecule has 0 heterocycles. The van der Waals surface area contributed by atoms with Gasteiger partial charge in [0.25, 0.3) is 9.70 Å². The molecule has 124 valence electrons. The van der Waals surface area contributed by atoms with Crippen molar-refractivity contribution in [1.82, 2.24) is 5.32 Å². The number of halogens is 3. The van der Waals surface area contributed by atoms with Gasteiger partial charge in [-0.25, -0.2) is 0 Å². The van der Waals surface area contributed by atoms with Crippen LogP contribution in [0.15, 0.2) is 41.8 Å². The van der Waals surface area contributed by atoms with E-state index < -0.39 is 21.2 Å². The molecule has 2 N–H and O–H groups in total. The van der Waals surface area contributed by atoms with Crippen molar-refractivity contribution in [3.8, 4) is 0 Å². The van der Waals surface area contributed by atoms with Gasteiger partial charge in [0.2, 0.25) is 5.39 Å².